The second-order valence-electron chi connectivity index (χ2n) is 4.87. The number of pyridine rings is 1. The maximum absolute atomic E-state index is 13.1. The number of benzene rings is 1. The van der Waals surface area contributed by atoms with Crippen LogP contribution in [0.2, 0.25) is 0 Å². The maximum atomic E-state index is 13.1. The normalized spacial score (nSPS) is 10.8. The summed E-state index contributed by atoms with van der Waals surface area (Å²) in [5, 5.41) is 7.53. The number of nitrogens with one attached hydrogen (secondary N) is 1. The number of hydrogen-bond acceptors (Lipinski definition) is 5. The first-order valence-corrected chi connectivity index (χ1v) is 6.93. The molecule has 4 rings (SSSR count). The quantitative estimate of drug-likeness (QED) is 0.630. The van der Waals surface area contributed by atoms with Gasteiger partial charge in [-0.2, -0.15) is 4.98 Å². The fourth-order valence-corrected chi connectivity index (χ4v) is 2.25. The molecule has 0 aliphatic heterocycles. The molecule has 4 aromatic rings. The van der Waals surface area contributed by atoms with Crippen molar-refractivity contribution in [2.75, 3.05) is 5.32 Å². The van der Waals surface area contributed by atoms with Crippen LogP contribution in [-0.4, -0.2) is 24.6 Å². The molecular formula is C16H11FN6. The minimum Gasteiger partial charge on any atom is -0.321 e. The Bertz CT molecular complexity index is 949. The van der Waals surface area contributed by atoms with Crippen LogP contribution < -0.4 is 5.32 Å². The van der Waals surface area contributed by atoms with E-state index in [1.54, 1.807) is 41.4 Å². The summed E-state index contributed by atoms with van der Waals surface area (Å²) in [5.41, 5.74) is 2.93. The molecule has 0 aliphatic carbocycles. The molecule has 0 spiro atoms. The molecule has 1 N–H and O–H groups in total. The molecule has 7 heteroatoms. The van der Waals surface area contributed by atoms with Crippen molar-refractivity contribution in [3.8, 4) is 11.3 Å². The number of aromatic nitrogens is 5. The van der Waals surface area contributed by atoms with Crippen LogP contribution in [0.5, 0.6) is 0 Å². The first kappa shape index (κ1) is 13.3. The predicted molar refractivity (Wildman–Crippen MR) is 83.7 cm³/mol. The summed E-state index contributed by atoms with van der Waals surface area (Å²) in [5.74, 6) is 0.153. The van der Waals surface area contributed by atoms with Crippen molar-refractivity contribution in [1.82, 2.24) is 24.6 Å². The smallest absolute Gasteiger partial charge is 0.247 e. The zero-order valence-corrected chi connectivity index (χ0v) is 11.9. The van der Waals surface area contributed by atoms with Gasteiger partial charge in [0, 0.05) is 11.8 Å². The Kier molecular flexibility index (Phi) is 3.16. The number of halogens is 1. The summed E-state index contributed by atoms with van der Waals surface area (Å²) in [6, 6.07) is 9.87. The lowest BCUT2D eigenvalue weighted by atomic mass is 10.1. The summed E-state index contributed by atoms with van der Waals surface area (Å²) in [6.07, 6.45) is 6.67. The lowest BCUT2D eigenvalue weighted by Crippen LogP contribution is -1.96. The molecular weight excluding hydrogens is 295 g/mol. The summed E-state index contributed by atoms with van der Waals surface area (Å²) in [4.78, 5) is 12.6. The molecule has 0 amide bonds. The molecule has 0 saturated carbocycles. The third kappa shape index (κ3) is 2.59. The number of fused-ring (bicyclic) bond motifs is 1. The Morgan fingerprint density at radius 3 is 2.61 bits per heavy atom. The third-order valence-electron chi connectivity index (χ3n) is 3.30. The average molecular weight is 306 g/mol. The van der Waals surface area contributed by atoms with Crippen LogP contribution in [0.4, 0.5) is 16.0 Å². The van der Waals surface area contributed by atoms with Crippen molar-refractivity contribution in [3.63, 3.8) is 0 Å². The van der Waals surface area contributed by atoms with E-state index in [2.05, 4.69) is 25.4 Å². The van der Waals surface area contributed by atoms with Crippen LogP contribution in [0.25, 0.3) is 16.9 Å². The second-order valence-corrected chi connectivity index (χ2v) is 4.87. The van der Waals surface area contributed by atoms with Crippen molar-refractivity contribution in [1.29, 1.82) is 0 Å². The zero-order chi connectivity index (χ0) is 15.6. The highest BCUT2D eigenvalue weighted by molar-refractivity contribution is 5.63. The van der Waals surface area contributed by atoms with Crippen LogP contribution in [0.3, 0.4) is 0 Å². The van der Waals surface area contributed by atoms with Gasteiger partial charge in [0.15, 0.2) is 5.65 Å². The highest BCUT2D eigenvalue weighted by Crippen LogP contribution is 2.21. The summed E-state index contributed by atoms with van der Waals surface area (Å²) < 4.78 is 14.8. The fourth-order valence-electron chi connectivity index (χ4n) is 2.25. The molecule has 0 atom stereocenters. The molecule has 23 heavy (non-hydrogen) atoms. The predicted octanol–water partition coefficient (Wildman–Crippen LogP) is 3.07. The molecule has 0 bridgehead atoms. The Morgan fingerprint density at radius 2 is 1.83 bits per heavy atom. The fraction of sp³-hybridized carbons (Fsp3) is 0. The van der Waals surface area contributed by atoms with Gasteiger partial charge in [-0.3, -0.25) is 9.97 Å². The number of anilines is 2. The van der Waals surface area contributed by atoms with E-state index in [4.69, 9.17) is 0 Å². The standard InChI is InChI=1S/C16H11FN6/c17-12-5-3-11(4-6-12)14-9-19-10-15-21-16(22-23(14)15)20-13-2-1-7-18-8-13/h1-10H,(H,20,22). The number of hydrogen-bond donors (Lipinski definition) is 1. The SMILES string of the molecule is Fc1ccc(-c2cncc3nc(Nc4cccnc4)nn23)cc1. The van der Waals surface area contributed by atoms with Gasteiger partial charge >= 0.3 is 0 Å². The zero-order valence-electron chi connectivity index (χ0n) is 11.9. The largest absolute Gasteiger partial charge is 0.321 e. The number of nitrogens with zero attached hydrogens (tertiary/aromatic N) is 5. The van der Waals surface area contributed by atoms with E-state index >= 15 is 0 Å². The van der Waals surface area contributed by atoms with Gasteiger partial charge in [0.25, 0.3) is 0 Å². The topological polar surface area (TPSA) is 68.0 Å². The molecule has 112 valence electrons. The molecule has 3 heterocycles. The van der Waals surface area contributed by atoms with Gasteiger partial charge in [-0.25, -0.2) is 8.91 Å². The van der Waals surface area contributed by atoms with E-state index < -0.39 is 0 Å². The highest BCUT2D eigenvalue weighted by Gasteiger charge is 2.10. The summed E-state index contributed by atoms with van der Waals surface area (Å²) in [7, 11) is 0. The van der Waals surface area contributed by atoms with Gasteiger partial charge in [0.2, 0.25) is 5.95 Å². The van der Waals surface area contributed by atoms with E-state index in [0.717, 1.165) is 16.9 Å². The summed E-state index contributed by atoms with van der Waals surface area (Å²) in [6.45, 7) is 0. The second kappa shape index (κ2) is 5.45. The van der Waals surface area contributed by atoms with Crippen LogP contribution in [0.15, 0.2) is 61.2 Å². The van der Waals surface area contributed by atoms with Crippen molar-refractivity contribution in [2.45, 2.75) is 0 Å². The first-order chi connectivity index (χ1) is 11.3. The Morgan fingerprint density at radius 1 is 0.957 bits per heavy atom. The minimum atomic E-state index is -0.286. The molecule has 0 saturated heterocycles. The van der Waals surface area contributed by atoms with Crippen molar-refractivity contribution in [2.24, 2.45) is 0 Å². The lowest BCUT2D eigenvalue weighted by molar-refractivity contribution is 0.628. The van der Waals surface area contributed by atoms with Gasteiger partial charge in [0.05, 0.1) is 30.0 Å². The molecule has 0 aliphatic rings. The van der Waals surface area contributed by atoms with Gasteiger partial charge in [-0.15, -0.1) is 5.10 Å². The first-order valence-electron chi connectivity index (χ1n) is 6.93. The Balaban J connectivity index is 1.77. The maximum Gasteiger partial charge on any atom is 0.247 e. The van der Waals surface area contributed by atoms with Crippen LogP contribution in [-0.2, 0) is 0 Å². The molecule has 6 nitrogen and oxygen atoms in total. The van der Waals surface area contributed by atoms with Crippen molar-refractivity contribution in [3.05, 3.63) is 67.0 Å². The summed E-state index contributed by atoms with van der Waals surface area (Å²) >= 11 is 0. The average Bonchev–Trinajstić information content (AvgIpc) is 2.99. The Labute approximate surface area is 130 Å². The number of rotatable bonds is 3. The lowest BCUT2D eigenvalue weighted by Gasteiger charge is -2.03. The highest BCUT2D eigenvalue weighted by atomic mass is 19.1. The van der Waals surface area contributed by atoms with Crippen molar-refractivity contribution < 1.29 is 4.39 Å². The van der Waals surface area contributed by atoms with Crippen LogP contribution in [0, 0.1) is 5.82 Å². The van der Waals surface area contributed by atoms with Crippen LogP contribution in [0.1, 0.15) is 0 Å². The van der Waals surface area contributed by atoms with Crippen molar-refractivity contribution >= 4 is 17.3 Å². The van der Waals surface area contributed by atoms with E-state index in [-0.39, 0.29) is 5.82 Å². The van der Waals surface area contributed by atoms with Gasteiger partial charge < -0.3 is 5.32 Å². The molecule has 0 fully saturated rings. The minimum absolute atomic E-state index is 0.286. The molecule has 3 aromatic heterocycles. The van der Waals surface area contributed by atoms with E-state index in [1.165, 1.54) is 12.1 Å². The van der Waals surface area contributed by atoms with Gasteiger partial charge in [0.1, 0.15) is 5.82 Å². The van der Waals surface area contributed by atoms with E-state index in [9.17, 15) is 4.39 Å². The van der Waals surface area contributed by atoms with Gasteiger partial charge in [-0.1, -0.05) is 0 Å². The van der Waals surface area contributed by atoms with Gasteiger partial charge in [-0.05, 0) is 36.4 Å². The van der Waals surface area contributed by atoms with E-state index in [0.29, 0.717) is 11.6 Å². The monoisotopic (exact) mass is 306 g/mol. The van der Waals surface area contributed by atoms with Crippen LogP contribution >= 0.6 is 0 Å². The van der Waals surface area contributed by atoms with E-state index in [1.807, 2.05) is 12.1 Å². The Hall–Kier alpha value is -3.35. The molecule has 0 radical (unpaired) electrons. The molecule has 0 unspecified atom stereocenters. The molecule has 1 aromatic carbocycles. The third-order valence-corrected chi connectivity index (χ3v) is 3.30.